The van der Waals surface area contributed by atoms with Crippen LogP contribution in [0.15, 0.2) is 12.4 Å². The molecule has 2 aromatic heterocycles. The van der Waals surface area contributed by atoms with E-state index in [1.807, 2.05) is 6.07 Å². The van der Waals surface area contributed by atoms with Crippen LogP contribution in [0, 0.1) is 0 Å². The van der Waals surface area contributed by atoms with Gasteiger partial charge in [0.25, 0.3) is 0 Å². The third-order valence-corrected chi connectivity index (χ3v) is 2.50. The van der Waals surface area contributed by atoms with E-state index in [1.165, 1.54) is 12.8 Å². The predicted molar refractivity (Wildman–Crippen MR) is 55.5 cm³/mol. The van der Waals surface area contributed by atoms with Crippen LogP contribution in [0.4, 0.5) is 5.69 Å². The summed E-state index contributed by atoms with van der Waals surface area (Å²) >= 11 is 5.88. The van der Waals surface area contributed by atoms with Gasteiger partial charge < -0.3 is 10.3 Å². The average Bonchev–Trinajstić information content (AvgIpc) is 2.81. The number of aromatic nitrogens is 3. The van der Waals surface area contributed by atoms with E-state index in [0.717, 1.165) is 11.2 Å². The zero-order chi connectivity index (χ0) is 9.54. The van der Waals surface area contributed by atoms with Gasteiger partial charge in [0, 0.05) is 12.1 Å². The molecule has 0 saturated heterocycles. The van der Waals surface area contributed by atoms with Gasteiger partial charge in [-0.15, -0.1) is 0 Å². The maximum Gasteiger partial charge on any atom is 0.180 e. The molecule has 2 aromatic rings. The van der Waals surface area contributed by atoms with Gasteiger partial charge in [-0.25, -0.2) is 9.97 Å². The molecule has 1 aliphatic carbocycles. The minimum Gasteiger partial charge on any atom is -0.380 e. The van der Waals surface area contributed by atoms with Crippen LogP contribution in [0.1, 0.15) is 12.8 Å². The van der Waals surface area contributed by atoms with Crippen LogP contribution in [0.2, 0.25) is 5.15 Å². The SMILES string of the molecule is Clc1cc(NC2CC2)c2[nH]cnc2n1. The summed E-state index contributed by atoms with van der Waals surface area (Å²) in [5.74, 6) is 0. The van der Waals surface area contributed by atoms with Gasteiger partial charge in [-0.1, -0.05) is 11.6 Å². The first-order valence-corrected chi connectivity index (χ1v) is 4.97. The average molecular weight is 209 g/mol. The summed E-state index contributed by atoms with van der Waals surface area (Å²) in [6.45, 7) is 0. The van der Waals surface area contributed by atoms with Crippen molar-refractivity contribution in [2.45, 2.75) is 18.9 Å². The van der Waals surface area contributed by atoms with Crippen LogP contribution in [0.25, 0.3) is 11.2 Å². The lowest BCUT2D eigenvalue weighted by Gasteiger charge is -2.05. The molecule has 1 fully saturated rings. The van der Waals surface area contributed by atoms with E-state index >= 15 is 0 Å². The van der Waals surface area contributed by atoms with Gasteiger partial charge in [0.2, 0.25) is 0 Å². The quantitative estimate of drug-likeness (QED) is 0.744. The first-order valence-electron chi connectivity index (χ1n) is 4.59. The Labute approximate surface area is 85.7 Å². The molecule has 2 heterocycles. The smallest absolute Gasteiger partial charge is 0.180 e. The number of aromatic amines is 1. The summed E-state index contributed by atoms with van der Waals surface area (Å²) in [4.78, 5) is 11.2. The molecule has 0 radical (unpaired) electrons. The number of nitrogens with one attached hydrogen (secondary N) is 2. The Hall–Kier alpha value is -1.29. The highest BCUT2D eigenvalue weighted by Crippen LogP contribution is 2.29. The van der Waals surface area contributed by atoms with Crippen LogP contribution in [0.3, 0.4) is 0 Å². The van der Waals surface area contributed by atoms with Crippen molar-refractivity contribution in [1.29, 1.82) is 0 Å². The topological polar surface area (TPSA) is 53.6 Å². The summed E-state index contributed by atoms with van der Waals surface area (Å²) < 4.78 is 0. The fourth-order valence-electron chi connectivity index (χ4n) is 1.46. The molecule has 1 saturated carbocycles. The summed E-state index contributed by atoms with van der Waals surface area (Å²) in [6, 6.07) is 2.43. The third-order valence-electron chi connectivity index (χ3n) is 2.30. The van der Waals surface area contributed by atoms with Gasteiger partial charge in [0.05, 0.1) is 12.0 Å². The molecule has 3 rings (SSSR count). The Kier molecular flexibility index (Phi) is 1.64. The summed E-state index contributed by atoms with van der Waals surface area (Å²) in [6.07, 6.45) is 4.09. The van der Waals surface area contributed by atoms with Crippen molar-refractivity contribution < 1.29 is 0 Å². The summed E-state index contributed by atoms with van der Waals surface area (Å²) in [5, 5.41) is 3.87. The maximum atomic E-state index is 5.88. The highest BCUT2D eigenvalue weighted by Gasteiger charge is 2.22. The monoisotopic (exact) mass is 208 g/mol. The predicted octanol–water partition coefficient (Wildman–Crippen LogP) is 2.19. The lowest BCUT2D eigenvalue weighted by Crippen LogP contribution is -2.01. The summed E-state index contributed by atoms with van der Waals surface area (Å²) in [7, 11) is 0. The van der Waals surface area contributed by atoms with Crippen molar-refractivity contribution in [3.8, 4) is 0 Å². The molecular weight excluding hydrogens is 200 g/mol. The number of H-pyrrole nitrogens is 1. The molecule has 0 atom stereocenters. The number of fused-ring (bicyclic) bond motifs is 1. The van der Waals surface area contributed by atoms with Crippen molar-refractivity contribution in [3.63, 3.8) is 0 Å². The van der Waals surface area contributed by atoms with E-state index in [0.29, 0.717) is 16.8 Å². The fourth-order valence-corrected chi connectivity index (χ4v) is 1.65. The minimum atomic E-state index is 0.479. The van der Waals surface area contributed by atoms with Gasteiger partial charge in [-0.2, -0.15) is 0 Å². The number of imidazole rings is 1. The fraction of sp³-hybridized carbons (Fsp3) is 0.333. The normalized spacial score (nSPS) is 16.1. The highest BCUT2D eigenvalue weighted by molar-refractivity contribution is 6.30. The Bertz CT molecular complexity index is 475. The van der Waals surface area contributed by atoms with E-state index in [2.05, 4.69) is 20.3 Å². The molecule has 0 unspecified atom stereocenters. The van der Waals surface area contributed by atoms with E-state index in [4.69, 9.17) is 11.6 Å². The van der Waals surface area contributed by atoms with Crippen LogP contribution in [0.5, 0.6) is 0 Å². The minimum absolute atomic E-state index is 0.479. The first kappa shape index (κ1) is 8.05. The summed E-state index contributed by atoms with van der Waals surface area (Å²) in [5.41, 5.74) is 2.60. The molecule has 14 heavy (non-hydrogen) atoms. The molecule has 72 valence electrons. The Balaban J connectivity index is 2.13. The van der Waals surface area contributed by atoms with Crippen LogP contribution >= 0.6 is 11.6 Å². The standard InChI is InChI=1S/C9H9ClN4/c10-7-3-6(13-5-1-2-5)8-9(14-7)12-4-11-8/h3-5H,1-2H2,(H2,11,12,13,14). The van der Waals surface area contributed by atoms with Crippen molar-refractivity contribution in [2.75, 3.05) is 5.32 Å². The first-order chi connectivity index (χ1) is 6.83. The van der Waals surface area contributed by atoms with Crippen molar-refractivity contribution >= 4 is 28.5 Å². The number of hydrogen-bond acceptors (Lipinski definition) is 3. The Morgan fingerprint density at radius 1 is 1.50 bits per heavy atom. The van der Waals surface area contributed by atoms with E-state index in [9.17, 15) is 0 Å². The molecule has 1 aliphatic rings. The maximum absolute atomic E-state index is 5.88. The number of halogens is 1. The van der Waals surface area contributed by atoms with E-state index in [1.54, 1.807) is 6.33 Å². The van der Waals surface area contributed by atoms with Gasteiger partial charge in [0.1, 0.15) is 10.7 Å². The number of nitrogens with zero attached hydrogens (tertiary/aromatic N) is 2. The Morgan fingerprint density at radius 3 is 3.14 bits per heavy atom. The number of anilines is 1. The lowest BCUT2D eigenvalue weighted by molar-refractivity contribution is 1.15. The largest absolute Gasteiger partial charge is 0.380 e. The van der Waals surface area contributed by atoms with Gasteiger partial charge in [-0.05, 0) is 12.8 Å². The Morgan fingerprint density at radius 2 is 2.36 bits per heavy atom. The van der Waals surface area contributed by atoms with Crippen molar-refractivity contribution in [1.82, 2.24) is 15.0 Å². The van der Waals surface area contributed by atoms with E-state index in [-0.39, 0.29) is 0 Å². The molecule has 2 N–H and O–H groups in total. The third kappa shape index (κ3) is 1.32. The number of rotatable bonds is 2. The van der Waals surface area contributed by atoms with E-state index < -0.39 is 0 Å². The lowest BCUT2D eigenvalue weighted by atomic mass is 10.3. The second-order valence-corrected chi connectivity index (χ2v) is 3.90. The number of pyridine rings is 1. The molecule has 0 amide bonds. The van der Waals surface area contributed by atoms with Crippen LogP contribution < -0.4 is 5.32 Å². The second-order valence-electron chi connectivity index (χ2n) is 3.51. The molecule has 0 spiro atoms. The molecule has 4 nitrogen and oxygen atoms in total. The van der Waals surface area contributed by atoms with Gasteiger partial charge >= 0.3 is 0 Å². The zero-order valence-corrected chi connectivity index (χ0v) is 8.17. The van der Waals surface area contributed by atoms with Crippen molar-refractivity contribution in [2.24, 2.45) is 0 Å². The van der Waals surface area contributed by atoms with Gasteiger partial charge in [0.15, 0.2) is 5.65 Å². The zero-order valence-electron chi connectivity index (χ0n) is 7.42. The second kappa shape index (κ2) is 2.85. The highest BCUT2D eigenvalue weighted by atomic mass is 35.5. The van der Waals surface area contributed by atoms with Crippen LogP contribution in [-0.4, -0.2) is 21.0 Å². The van der Waals surface area contributed by atoms with Crippen LogP contribution in [-0.2, 0) is 0 Å². The molecular formula is C9H9ClN4. The molecule has 5 heteroatoms. The van der Waals surface area contributed by atoms with Crippen molar-refractivity contribution in [3.05, 3.63) is 17.5 Å². The molecule has 0 aromatic carbocycles. The molecule has 0 bridgehead atoms. The molecule has 0 aliphatic heterocycles. The van der Waals surface area contributed by atoms with Gasteiger partial charge in [-0.3, -0.25) is 0 Å². The number of hydrogen-bond donors (Lipinski definition) is 2.